The SMILES string of the molecule is COC(=O)c1ccc(C2(C)CCCCC2)cc1. The molecule has 0 amide bonds. The van der Waals surface area contributed by atoms with E-state index in [9.17, 15) is 4.79 Å². The lowest BCUT2D eigenvalue weighted by molar-refractivity contribution is 0.0600. The van der Waals surface area contributed by atoms with E-state index in [0.717, 1.165) is 0 Å². The molecule has 0 unspecified atom stereocenters. The summed E-state index contributed by atoms with van der Waals surface area (Å²) in [7, 11) is 1.42. The fourth-order valence-electron chi connectivity index (χ4n) is 2.75. The highest BCUT2D eigenvalue weighted by molar-refractivity contribution is 5.89. The van der Waals surface area contributed by atoms with Gasteiger partial charge in [0.25, 0.3) is 0 Å². The van der Waals surface area contributed by atoms with Crippen LogP contribution in [0.15, 0.2) is 24.3 Å². The average Bonchev–Trinajstić information content (AvgIpc) is 2.39. The normalized spacial score (nSPS) is 18.7. The van der Waals surface area contributed by atoms with Crippen molar-refractivity contribution in [2.75, 3.05) is 7.11 Å². The Kier molecular flexibility index (Phi) is 3.51. The summed E-state index contributed by atoms with van der Waals surface area (Å²) in [6.45, 7) is 2.33. The molecule has 1 saturated carbocycles. The minimum absolute atomic E-state index is 0.259. The van der Waals surface area contributed by atoms with Gasteiger partial charge >= 0.3 is 5.97 Å². The number of rotatable bonds is 2. The number of hydrogen-bond acceptors (Lipinski definition) is 2. The third-order valence-corrected chi connectivity index (χ3v) is 3.96. The van der Waals surface area contributed by atoms with Crippen molar-refractivity contribution in [2.24, 2.45) is 0 Å². The number of ether oxygens (including phenoxy) is 1. The Morgan fingerprint density at radius 2 is 1.71 bits per heavy atom. The van der Waals surface area contributed by atoms with Gasteiger partial charge in [-0.3, -0.25) is 0 Å². The second-order valence-corrected chi connectivity index (χ2v) is 5.19. The molecular formula is C15H20O2. The monoisotopic (exact) mass is 232 g/mol. The van der Waals surface area contributed by atoms with Crippen molar-refractivity contribution in [3.8, 4) is 0 Å². The molecule has 1 aromatic carbocycles. The van der Waals surface area contributed by atoms with Crippen molar-refractivity contribution in [3.63, 3.8) is 0 Å². The molecule has 0 spiro atoms. The summed E-state index contributed by atoms with van der Waals surface area (Å²) in [6.07, 6.45) is 6.50. The van der Waals surface area contributed by atoms with Crippen LogP contribution in [-0.4, -0.2) is 13.1 Å². The van der Waals surface area contributed by atoms with E-state index in [-0.39, 0.29) is 5.97 Å². The van der Waals surface area contributed by atoms with E-state index in [0.29, 0.717) is 11.0 Å². The Morgan fingerprint density at radius 1 is 1.12 bits per heavy atom. The average molecular weight is 232 g/mol. The number of methoxy groups -OCH3 is 1. The Bertz CT molecular complexity index is 386. The Hall–Kier alpha value is -1.31. The van der Waals surface area contributed by atoms with Gasteiger partial charge in [-0.15, -0.1) is 0 Å². The first kappa shape index (κ1) is 12.2. The van der Waals surface area contributed by atoms with Crippen molar-refractivity contribution in [1.29, 1.82) is 0 Å². The molecule has 1 aliphatic carbocycles. The van der Waals surface area contributed by atoms with Crippen LogP contribution in [0, 0.1) is 0 Å². The predicted molar refractivity (Wildman–Crippen MR) is 68.2 cm³/mol. The molecule has 0 radical (unpaired) electrons. The number of benzene rings is 1. The van der Waals surface area contributed by atoms with Crippen molar-refractivity contribution >= 4 is 5.97 Å². The maximum Gasteiger partial charge on any atom is 0.337 e. The highest BCUT2D eigenvalue weighted by Crippen LogP contribution is 2.38. The van der Waals surface area contributed by atoms with Gasteiger partial charge in [-0.25, -0.2) is 4.79 Å². The van der Waals surface area contributed by atoms with Gasteiger partial charge in [-0.05, 0) is 36.0 Å². The lowest BCUT2D eigenvalue weighted by atomic mass is 9.71. The molecule has 2 nitrogen and oxygen atoms in total. The molecular weight excluding hydrogens is 212 g/mol. The highest BCUT2D eigenvalue weighted by Gasteiger charge is 2.28. The van der Waals surface area contributed by atoms with E-state index in [2.05, 4.69) is 19.1 Å². The summed E-state index contributed by atoms with van der Waals surface area (Å²) >= 11 is 0. The van der Waals surface area contributed by atoms with Crippen molar-refractivity contribution in [1.82, 2.24) is 0 Å². The van der Waals surface area contributed by atoms with E-state index < -0.39 is 0 Å². The first-order valence-corrected chi connectivity index (χ1v) is 6.34. The van der Waals surface area contributed by atoms with Crippen LogP contribution in [0.1, 0.15) is 54.9 Å². The summed E-state index contributed by atoms with van der Waals surface area (Å²) in [5.41, 5.74) is 2.29. The van der Waals surface area contributed by atoms with Crippen molar-refractivity contribution in [3.05, 3.63) is 35.4 Å². The number of hydrogen-bond donors (Lipinski definition) is 0. The van der Waals surface area contributed by atoms with Crippen molar-refractivity contribution in [2.45, 2.75) is 44.4 Å². The minimum Gasteiger partial charge on any atom is -0.465 e. The maximum absolute atomic E-state index is 11.4. The summed E-state index contributed by atoms with van der Waals surface area (Å²) < 4.78 is 4.71. The van der Waals surface area contributed by atoms with Crippen LogP contribution in [0.4, 0.5) is 0 Å². The summed E-state index contributed by atoms with van der Waals surface area (Å²) in [6, 6.07) is 7.91. The topological polar surface area (TPSA) is 26.3 Å². The maximum atomic E-state index is 11.4. The minimum atomic E-state index is -0.259. The van der Waals surface area contributed by atoms with Gasteiger partial charge in [0.15, 0.2) is 0 Å². The molecule has 17 heavy (non-hydrogen) atoms. The van der Waals surface area contributed by atoms with E-state index in [4.69, 9.17) is 4.74 Å². The van der Waals surface area contributed by atoms with Crippen LogP contribution in [0.25, 0.3) is 0 Å². The zero-order chi connectivity index (χ0) is 12.3. The summed E-state index contributed by atoms with van der Waals surface area (Å²) in [4.78, 5) is 11.4. The van der Waals surface area contributed by atoms with Crippen LogP contribution in [0.3, 0.4) is 0 Å². The molecule has 1 fully saturated rings. The Morgan fingerprint density at radius 3 is 2.24 bits per heavy atom. The Labute approximate surface area is 103 Å². The van der Waals surface area contributed by atoms with Gasteiger partial charge in [-0.1, -0.05) is 38.3 Å². The van der Waals surface area contributed by atoms with Crippen LogP contribution in [0.5, 0.6) is 0 Å². The fraction of sp³-hybridized carbons (Fsp3) is 0.533. The second kappa shape index (κ2) is 4.91. The van der Waals surface area contributed by atoms with Gasteiger partial charge < -0.3 is 4.74 Å². The molecule has 0 saturated heterocycles. The first-order chi connectivity index (χ1) is 8.15. The van der Waals surface area contributed by atoms with Gasteiger partial charge in [0.05, 0.1) is 12.7 Å². The standard InChI is InChI=1S/C15H20O2/c1-15(10-4-3-5-11-15)13-8-6-12(7-9-13)14(16)17-2/h6-9H,3-5,10-11H2,1-2H3. The van der Waals surface area contributed by atoms with E-state index in [1.165, 1.54) is 44.8 Å². The largest absolute Gasteiger partial charge is 0.465 e. The molecule has 0 heterocycles. The molecule has 2 heteroatoms. The van der Waals surface area contributed by atoms with E-state index in [1.807, 2.05) is 12.1 Å². The lowest BCUT2D eigenvalue weighted by Gasteiger charge is -2.34. The number of carbonyl (C=O) groups is 1. The zero-order valence-electron chi connectivity index (χ0n) is 10.7. The molecule has 2 rings (SSSR count). The van der Waals surface area contributed by atoms with Gasteiger partial charge in [0.1, 0.15) is 0 Å². The van der Waals surface area contributed by atoms with E-state index >= 15 is 0 Å². The Balaban J connectivity index is 2.19. The molecule has 0 aromatic heterocycles. The summed E-state index contributed by atoms with van der Waals surface area (Å²) in [5.74, 6) is -0.259. The zero-order valence-corrected chi connectivity index (χ0v) is 10.7. The van der Waals surface area contributed by atoms with Gasteiger partial charge in [-0.2, -0.15) is 0 Å². The fourth-order valence-corrected chi connectivity index (χ4v) is 2.75. The summed E-state index contributed by atoms with van der Waals surface area (Å²) in [5, 5.41) is 0. The van der Waals surface area contributed by atoms with Crippen molar-refractivity contribution < 1.29 is 9.53 Å². The molecule has 0 atom stereocenters. The van der Waals surface area contributed by atoms with Crippen LogP contribution >= 0.6 is 0 Å². The van der Waals surface area contributed by atoms with E-state index in [1.54, 1.807) is 0 Å². The third kappa shape index (κ3) is 2.51. The van der Waals surface area contributed by atoms with Crippen LogP contribution in [0.2, 0.25) is 0 Å². The lowest BCUT2D eigenvalue weighted by Crippen LogP contribution is -2.24. The molecule has 0 aliphatic heterocycles. The van der Waals surface area contributed by atoms with Gasteiger partial charge in [0, 0.05) is 0 Å². The molecule has 0 bridgehead atoms. The number of carbonyl (C=O) groups excluding carboxylic acids is 1. The highest BCUT2D eigenvalue weighted by atomic mass is 16.5. The second-order valence-electron chi connectivity index (χ2n) is 5.19. The smallest absolute Gasteiger partial charge is 0.337 e. The predicted octanol–water partition coefficient (Wildman–Crippen LogP) is 3.70. The quantitative estimate of drug-likeness (QED) is 0.727. The van der Waals surface area contributed by atoms with Gasteiger partial charge in [0.2, 0.25) is 0 Å². The third-order valence-electron chi connectivity index (χ3n) is 3.96. The first-order valence-electron chi connectivity index (χ1n) is 6.34. The molecule has 1 aromatic rings. The van der Waals surface area contributed by atoms with Crippen LogP contribution in [-0.2, 0) is 10.2 Å². The van der Waals surface area contributed by atoms with Crippen LogP contribution < -0.4 is 0 Å². The molecule has 1 aliphatic rings. The molecule has 0 N–H and O–H groups in total. The number of esters is 1. The molecule has 92 valence electrons.